The van der Waals surface area contributed by atoms with E-state index in [0.29, 0.717) is 11.7 Å². The fourth-order valence-corrected chi connectivity index (χ4v) is 2.44. The molecule has 19 heavy (non-hydrogen) atoms. The van der Waals surface area contributed by atoms with Gasteiger partial charge in [0.25, 0.3) is 5.91 Å². The molecule has 0 saturated heterocycles. The number of amides is 1. The highest BCUT2D eigenvalue weighted by molar-refractivity contribution is 6.01. The predicted molar refractivity (Wildman–Crippen MR) is 71.9 cm³/mol. The van der Waals surface area contributed by atoms with Gasteiger partial charge in [0.05, 0.1) is 6.26 Å². The molecule has 0 bridgehead atoms. The van der Waals surface area contributed by atoms with Crippen LogP contribution in [0, 0.1) is 17.2 Å². The summed E-state index contributed by atoms with van der Waals surface area (Å²) in [5, 5.41) is 12.0. The van der Waals surface area contributed by atoms with Gasteiger partial charge in [0.2, 0.25) is 0 Å². The number of nitriles is 1. The van der Waals surface area contributed by atoms with Gasteiger partial charge in [0, 0.05) is 12.1 Å². The Kier molecular flexibility index (Phi) is 4.40. The SMILES string of the molecule is C[C@H]1CCCC[C@H]1NC(=O)/C(C#N)=C/c1ccco1. The van der Waals surface area contributed by atoms with E-state index in [2.05, 4.69) is 12.2 Å². The lowest BCUT2D eigenvalue weighted by Crippen LogP contribution is -2.41. The van der Waals surface area contributed by atoms with Crippen LogP contribution in [-0.4, -0.2) is 11.9 Å². The van der Waals surface area contributed by atoms with Gasteiger partial charge in [-0.05, 0) is 30.9 Å². The second-order valence-electron chi connectivity index (χ2n) is 5.03. The lowest BCUT2D eigenvalue weighted by atomic mass is 9.86. The molecule has 1 aromatic rings. The van der Waals surface area contributed by atoms with Gasteiger partial charge in [-0.15, -0.1) is 0 Å². The van der Waals surface area contributed by atoms with Crippen LogP contribution in [0.5, 0.6) is 0 Å². The molecule has 0 spiro atoms. The minimum absolute atomic E-state index is 0.0905. The molecule has 0 aliphatic heterocycles. The average molecular weight is 258 g/mol. The van der Waals surface area contributed by atoms with Crippen LogP contribution in [-0.2, 0) is 4.79 Å². The molecule has 2 rings (SSSR count). The number of nitrogens with one attached hydrogen (secondary N) is 1. The summed E-state index contributed by atoms with van der Waals surface area (Å²) in [4.78, 5) is 12.1. The van der Waals surface area contributed by atoms with Crippen LogP contribution in [0.25, 0.3) is 6.08 Å². The quantitative estimate of drug-likeness (QED) is 0.669. The number of carbonyl (C=O) groups excluding carboxylic acids is 1. The third-order valence-electron chi connectivity index (χ3n) is 3.62. The summed E-state index contributed by atoms with van der Waals surface area (Å²) in [6.45, 7) is 2.15. The van der Waals surface area contributed by atoms with Crippen LogP contribution in [0.1, 0.15) is 38.4 Å². The molecule has 0 unspecified atom stereocenters. The second kappa shape index (κ2) is 6.24. The molecular formula is C15H18N2O2. The third-order valence-corrected chi connectivity index (χ3v) is 3.62. The zero-order chi connectivity index (χ0) is 13.7. The first-order valence-electron chi connectivity index (χ1n) is 6.67. The Bertz CT molecular complexity index is 497. The Morgan fingerprint density at radius 3 is 2.95 bits per heavy atom. The van der Waals surface area contributed by atoms with Gasteiger partial charge in [-0.3, -0.25) is 4.79 Å². The summed E-state index contributed by atoms with van der Waals surface area (Å²) in [5.41, 5.74) is 0.0905. The molecule has 1 saturated carbocycles. The van der Waals surface area contributed by atoms with Gasteiger partial charge < -0.3 is 9.73 Å². The maximum atomic E-state index is 12.1. The van der Waals surface area contributed by atoms with Crippen LogP contribution < -0.4 is 5.32 Å². The smallest absolute Gasteiger partial charge is 0.262 e. The zero-order valence-corrected chi connectivity index (χ0v) is 11.1. The standard InChI is InChI=1S/C15H18N2O2/c1-11-5-2-3-7-14(11)17-15(18)12(10-16)9-13-6-4-8-19-13/h4,6,8-9,11,14H,2-3,5,7H2,1H3,(H,17,18)/b12-9+/t11-,14+/m0/s1. The van der Waals surface area contributed by atoms with Crippen molar-refractivity contribution in [1.82, 2.24) is 5.32 Å². The highest BCUT2D eigenvalue weighted by atomic mass is 16.3. The second-order valence-corrected chi connectivity index (χ2v) is 5.03. The van der Waals surface area contributed by atoms with E-state index < -0.39 is 0 Å². The van der Waals surface area contributed by atoms with Gasteiger partial charge in [0.15, 0.2) is 0 Å². The molecule has 1 heterocycles. The first-order chi connectivity index (χ1) is 9.20. The molecule has 4 nitrogen and oxygen atoms in total. The van der Waals surface area contributed by atoms with E-state index in [4.69, 9.17) is 9.68 Å². The number of rotatable bonds is 3. The van der Waals surface area contributed by atoms with Crippen molar-refractivity contribution in [3.63, 3.8) is 0 Å². The molecule has 1 aromatic heterocycles. The molecule has 2 atom stereocenters. The molecule has 4 heteroatoms. The first-order valence-corrected chi connectivity index (χ1v) is 6.67. The van der Waals surface area contributed by atoms with Crippen molar-refractivity contribution in [2.24, 2.45) is 5.92 Å². The predicted octanol–water partition coefficient (Wildman–Crippen LogP) is 2.88. The van der Waals surface area contributed by atoms with E-state index in [9.17, 15) is 4.79 Å². The molecule has 0 aromatic carbocycles. The van der Waals surface area contributed by atoms with Gasteiger partial charge in [-0.1, -0.05) is 19.8 Å². The minimum atomic E-state index is -0.308. The van der Waals surface area contributed by atoms with E-state index in [-0.39, 0.29) is 17.5 Å². The zero-order valence-electron chi connectivity index (χ0n) is 11.1. The highest BCUT2D eigenvalue weighted by Gasteiger charge is 2.24. The van der Waals surface area contributed by atoms with Crippen LogP contribution in [0.2, 0.25) is 0 Å². The van der Waals surface area contributed by atoms with E-state index in [0.717, 1.165) is 19.3 Å². The molecule has 1 aliphatic rings. The van der Waals surface area contributed by atoms with E-state index in [1.54, 1.807) is 12.1 Å². The monoisotopic (exact) mass is 258 g/mol. The molecule has 1 fully saturated rings. The summed E-state index contributed by atoms with van der Waals surface area (Å²) in [6.07, 6.45) is 7.48. The normalized spacial score (nSPS) is 23.7. The van der Waals surface area contributed by atoms with Crippen LogP contribution in [0.15, 0.2) is 28.4 Å². The Hall–Kier alpha value is -2.02. The van der Waals surface area contributed by atoms with Crippen molar-refractivity contribution in [3.8, 4) is 6.07 Å². The van der Waals surface area contributed by atoms with Gasteiger partial charge in [-0.25, -0.2) is 0 Å². The maximum Gasteiger partial charge on any atom is 0.262 e. The van der Waals surface area contributed by atoms with Crippen molar-refractivity contribution in [2.75, 3.05) is 0 Å². The van der Waals surface area contributed by atoms with Crippen LogP contribution >= 0.6 is 0 Å². The van der Waals surface area contributed by atoms with Gasteiger partial charge in [0.1, 0.15) is 17.4 Å². The molecule has 0 radical (unpaired) electrons. The van der Waals surface area contributed by atoms with Crippen molar-refractivity contribution in [3.05, 3.63) is 29.7 Å². The molecule has 1 N–H and O–H groups in total. The number of carbonyl (C=O) groups is 1. The first kappa shape index (κ1) is 13.4. The Morgan fingerprint density at radius 2 is 2.32 bits per heavy atom. The van der Waals surface area contributed by atoms with Crippen molar-refractivity contribution < 1.29 is 9.21 Å². The largest absolute Gasteiger partial charge is 0.465 e. The third kappa shape index (κ3) is 3.47. The Morgan fingerprint density at radius 1 is 1.53 bits per heavy atom. The number of hydrogen-bond donors (Lipinski definition) is 1. The number of nitrogens with zero attached hydrogens (tertiary/aromatic N) is 1. The minimum Gasteiger partial charge on any atom is -0.465 e. The fraction of sp³-hybridized carbons (Fsp3) is 0.467. The van der Waals surface area contributed by atoms with Gasteiger partial charge >= 0.3 is 0 Å². The average Bonchev–Trinajstić information content (AvgIpc) is 2.91. The Labute approximate surface area is 113 Å². The number of furan rings is 1. The van der Waals surface area contributed by atoms with E-state index in [1.807, 2.05) is 6.07 Å². The summed E-state index contributed by atoms with van der Waals surface area (Å²) in [7, 11) is 0. The highest BCUT2D eigenvalue weighted by Crippen LogP contribution is 2.24. The lowest BCUT2D eigenvalue weighted by Gasteiger charge is -2.29. The van der Waals surface area contributed by atoms with Crippen molar-refractivity contribution in [2.45, 2.75) is 38.6 Å². The molecule has 1 amide bonds. The molecule has 1 aliphatic carbocycles. The van der Waals surface area contributed by atoms with Crippen LogP contribution in [0.3, 0.4) is 0 Å². The summed E-state index contributed by atoms with van der Waals surface area (Å²) >= 11 is 0. The Balaban J connectivity index is 2.03. The van der Waals surface area contributed by atoms with Crippen LogP contribution in [0.4, 0.5) is 0 Å². The molecular weight excluding hydrogens is 240 g/mol. The van der Waals surface area contributed by atoms with E-state index in [1.165, 1.54) is 18.8 Å². The fourth-order valence-electron chi connectivity index (χ4n) is 2.44. The van der Waals surface area contributed by atoms with Crippen molar-refractivity contribution in [1.29, 1.82) is 5.26 Å². The topological polar surface area (TPSA) is 66.0 Å². The number of hydrogen-bond acceptors (Lipinski definition) is 3. The maximum absolute atomic E-state index is 12.1. The molecule has 100 valence electrons. The van der Waals surface area contributed by atoms with Gasteiger partial charge in [-0.2, -0.15) is 5.26 Å². The summed E-state index contributed by atoms with van der Waals surface area (Å²) in [6, 6.07) is 5.55. The van der Waals surface area contributed by atoms with Crippen molar-refractivity contribution >= 4 is 12.0 Å². The lowest BCUT2D eigenvalue weighted by molar-refractivity contribution is -0.118. The summed E-state index contributed by atoms with van der Waals surface area (Å²) < 4.78 is 5.12. The van der Waals surface area contributed by atoms with E-state index >= 15 is 0 Å². The summed E-state index contributed by atoms with van der Waals surface area (Å²) in [5.74, 6) is 0.683.